The molecule has 0 aromatic carbocycles. The maximum Gasteiger partial charge on any atom is 0.129 e. The summed E-state index contributed by atoms with van der Waals surface area (Å²) in [6, 6.07) is 4.12. The van der Waals surface area contributed by atoms with Crippen LogP contribution in [0.15, 0.2) is 18.3 Å². The second-order valence-electron chi connectivity index (χ2n) is 6.06. The summed E-state index contributed by atoms with van der Waals surface area (Å²) in [7, 11) is -1.29. The molecule has 2 nitrogen and oxygen atoms in total. The van der Waals surface area contributed by atoms with Gasteiger partial charge in [0.2, 0.25) is 0 Å². The van der Waals surface area contributed by atoms with Gasteiger partial charge in [0.15, 0.2) is 0 Å². The van der Waals surface area contributed by atoms with Gasteiger partial charge in [-0.25, -0.2) is 0 Å². The highest BCUT2D eigenvalue weighted by atomic mass is 28.3. The minimum Gasteiger partial charge on any atom is -0.311 e. The van der Waals surface area contributed by atoms with E-state index in [0.29, 0.717) is 5.92 Å². The number of pyridine rings is 1. The molecule has 3 heteroatoms. The van der Waals surface area contributed by atoms with Gasteiger partial charge in [-0.05, 0) is 24.6 Å². The standard InChI is InChI=1S/C15H24N2Si/c1-13(2)10-16-12-15-7-6-14(11-17-15)8-9-18(3,4)5/h6-7,11,13,16H,10,12H2,1-5H3. The number of nitrogens with one attached hydrogen (secondary N) is 1. The monoisotopic (exact) mass is 260 g/mol. The molecule has 0 aliphatic carbocycles. The maximum atomic E-state index is 4.43. The summed E-state index contributed by atoms with van der Waals surface area (Å²) in [5.41, 5.74) is 5.45. The summed E-state index contributed by atoms with van der Waals surface area (Å²) in [4.78, 5) is 4.43. The minimum atomic E-state index is -1.29. The lowest BCUT2D eigenvalue weighted by molar-refractivity contribution is 0.548. The van der Waals surface area contributed by atoms with Gasteiger partial charge in [-0.3, -0.25) is 4.98 Å². The van der Waals surface area contributed by atoms with Crippen molar-refractivity contribution in [3.8, 4) is 11.5 Å². The SMILES string of the molecule is CC(C)CNCc1ccc(C#C[Si](C)(C)C)cn1. The van der Waals surface area contributed by atoms with Crippen molar-refractivity contribution >= 4 is 8.07 Å². The number of aromatic nitrogens is 1. The van der Waals surface area contributed by atoms with Crippen LogP contribution in [0.3, 0.4) is 0 Å². The summed E-state index contributed by atoms with van der Waals surface area (Å²) in [6.45, 7) is 13.0. The molecular weight excluding hydrogens is 236 g/mol. The van der Waals surface area contributed by atoms with Gasteiger partial charge in [0.1, 0.15) is 8.07 Å². The van der Waals surface area contributed by atoms with E-state index >= 15 is 0 Å². The zero-order chi connectivity index (χ0) is 13.6. The van der Waals surface area contributed by atoms with E-state index in [-0.39, 0.29) is 0 Å². The molecule has 0 radical (unpaired) electrons. The fraction of sp³-hybridized carbons (Fsp3) is 0.533. The first-order valence-electron chi connectivity index (χ1n) is 6.55. The molecular formula is C15H24N2Si. The largest absolute Gasteiger partial charge is 0.311 e. The van der Waals surface area contributed by atoms with Crippen LogP contribution in [0.2, 0.25) is 19.6 Å². The fourth-order valence-corrected chi connectivity index (χ4v) is 1.87. The Morgan fingerprint density at radius 1 is 1.28 bits per heavy atom. The van der Waals surface area contributed by atoms with E-state index in [0.717, 1.165) is 24.3 Å². The molecule has 0 aliphatic heterocycles. The van der Waals surface area contributed by atoms with Crippen LogP contribution in [0.25, 0.3) is 0 Å². The zero-order valence-electron chi connectivity index (χ0n) is 12.2. The predicted molar refractivity (Wildman–Crippen MR) is 81.0 cm³/mol. The third kappa shape index (κ3) is 6.58. The van der Waals surface area contributed by atoms with Crippen molar-refractivity contribution in [3.05, 3.63) is 29.6 Å². The lowest BCUT2D eigenvalue weighted by atomic mass is 10.2. The summed E-state index contributed by atoms with van der Waals surface area (Å²) >= 11 is 0. The lowest BCUT2D eigenvalue weighted by Crippen LogP contribution is -2.19. The Balaban J connectivity index is 2.54. The van der Waals surface area contributed by atoms with E-state index in [9.17, 15) is 0 Å². The van der Waals surface area contributed by atoms with E-state index in [1.807, 2.05) is 6.20 Å². The Kier molecular flexibility index (Phi) is 5.58. The number of hydrogen-bond donors (Lipinski definition) is 1. The van der Waals surface area contributed by atoms with Crippen LogP contribution in [0.1, 0.15) is 25.1 Å². The normalized spacial score (nSPS) is 11.2. The third-order valence-corrected chi connectivity index (χ3v) is 3.14. The third-order valence-electron chi connectivity index (χ3n) is 2.27. The molecule has 1 heterocycles. The van der Waals surface area contributed by atoms with Crippen LogP contribution in [0.5, 0.6) is 0 Å². The first kappa shape index (κ1) is 14.9. The van der Waals surface area contributed by atoms with Gasteiger partial charge < -0.3 is 5.32 Å². The summed E-state index contributed by atoms with van der Waals surface area (Å²) < 4.78 is 0. The van der Waals surface area contributed by atoms with Crippen LogP contribution >= 0.6 is 0 Å². The van der Waals surface area contributed by atoms with Crippen LogP contribution in [0.4, 0.5) is 0 Å². The molecule has 0 unspecified atom stereocenters. The first-order chi connectivity index (χ1) is 8.37. The molecule has 1 aromatic rings. The molecule has 1 aromatic heterocycles. The van der Waals surface area contributed by atoms with Crippen LogP contribution in [0, 0.1) is 17.4 Å². The average Bonchev–Trinajstić information content (AvgIpc) is 2.26. The lowest BCUT2D eigenvalue weighted by Gasteiger charge is -2.06. The molecule has 0 spiro atoms. The molecule has 0 saturated carbocycles. The number of hydrogen-bond acceptors (Lipinski definition) is 2. The Labute approximate surface area is 112 Å². The van der Waals surface area contributed by atoms with Crippen molar-refractivity contribution in [1.82, 2.24) is 10.3 Å². The molecule has 0 bridgehead atoms. The van der Waals surface area contributed by atoms with Crippen molar-refractivity contribution in [3.63, 3.8) is 0 Å². The molecule has 0 saturated heterocycles. The van der Waals surface area contributed by atoms with E-state index in [1.165, 1.54) is 0 Å². The van der Waals surface area contributed by atoms with Gasteiger partial charge >= 0.3 is 0 Å². The Hall–Kier alpha value is -1.11. The highest BCUT2D eigenvalue weighted by Gasteiger charge is 2.07. The van der Waals surface area contributed by atoms with Crippen LogP contribution in [-0.4, -0.2) is 19.6 Å². The average molecular weight is 260 g/mol. The summed E-state index contributed by atoms with van der Waals surface area (Å²) in [5, 5.41) is 3.39. The van der Waals surface area contributed by atoms with Gasteiger partial charge in [0.05, 0.1) is 5.69 Å². The van der Waals surface area contributed by atoms with E-state index < -0.39 is 8.07 Å². The molecule has 0 atom stereocenters. The molecule has 1 rings (SSSR count). The fourth-order valence-electron chi connectivity index (χ4n) is 1.35. The van der Waals surface area contributed by atoms with Crippen molar-refractivity contribution in [2.45, 2.75) is 40.0 Å². The zero-order valence-corrected chi connectivity index (χ0v) is 13.2. The van der Waals surface area contributed by atoms with Crippen LogP contribution < -0.4 is 5.32 Å². The second kappa shape index (κ2) is 6.72. The Morgan fingerprint density at radius 3 is 2.50 bits per heavy atom. The molecule has 18 heavy (non-hydrogen) atoms. The maximum absolute atomic E-state index is 4.43. The second-order valence-corrected chi connectivity index (χ2v) is 10.8. The van der Waals surface area contributed by atoms with E-state index in [4.69, 9.17) is 0 Å². The molecule has 0 amide bonds. The van der Waals surface area contributed by atoms with E-state index in [2.05, 4.69) is 67.4 Å². The van der Waals surface area contributed by atoms with Crippen molar-refractivity contribution < 1.29 is 0 Å². The molecule has 98 valence electrons. The minimum absolute atomic E-state index is 0.673. The van der Waals surface area contributed by atoms with Crippen molar-refractivity contribution in [2.75, 3.05) is 6.54 Å². The van der Waals surface area contributed by atoms with Crippen molar-refractivity contribution in [1.29, 1.82) is 0 Å². The number of rotatable bonds is 4. The van der Waals surface area contributed by atoms with Gasteiger partial charge in [0, 0.05) is 18.3 Å². The smallest absolute Gasteiger partial charge is 0.129 e. The van der Waals surface area contributed by atoms with Gasteiger partial charge in [-0.2, -0.15) is 0 Å². The van der Waals surface area contributed by atoms with Gasteiger partial charge in [-0.15, -0.1) is 5.54 Å². The quantitative estimate of drug-likeness (QED) is 0.665. The topological polar surface area (TPSA) is 24.9 Å². The first-order valence-corrected chi connectivity index (χ1v) is 10.1. The summed E-state index contributed by atoms with van der Waals surface area (Å²) in [5.74, 6) is 3.89. The highest BCUT2D eigenvalue weighted by molar-refractivity contribution is 6.83. The van der Waals surface area contributed by atoms with E-state index in [1.54, 1.807) is 0 Å². The molecule has 0 fully saturated rings. The predicted octanol–water partition coefficient (Wildman–Crippen LogP) is 3.06. The highest BCUT2D eigenvalue weighted by Crippen LogP contribution is 2.02. The summed E-state index contributed by atoms with van der Waals surface area (Å²) in [6.07, 6.45) is 1.87. The Bertz CT molecular complexity index is 419. The van der Waals surface area contributed by atoms with Gasteiger partial charge in [-0.1, -0.05) is 39.4 Å². The van der Waals surface area contributed by atoms with Gasteiger partial charge in [0.25, 0.3) is 0 Å². The molecule has 1 N–H and O–H groups in total. The van der Waals surface area contributed by atoms with Crippen LogP contribution in [-0.2, 0) is 6.54 Å². The Morgan fingerprint density at radius 2 is 2.00 bits per heavy atom. The molecule has 0 aliphatic rings. The number of nitrogens with zero attached hydrogens (tertiary/aromatic N) is 1. The van der Waals surface area contributed by atoms with Crippen molar-refractivity contribution in [2.24, 2.45) is 5.92 Å².